The summed E-state index contributed by atoms with van der Waals surface area (Å²) in [5.41, 5.74) is 1.02. The largest absolute Gasteiger partial charge is 0.496 e. The summed E-state index contributed by atoms with van der Waals surface area (Å²) in [6.07, 6.45) is 2.16. The highest BCUT2D eigenvalue weighted by Gasteiger charge is 2.37. The van der Waals surface area contributed by atoms with Crippen molar-refractivity contribution in [2.45, 2.75) is 51.6 Å². The maximum atomic E-state index is 14.7. The monoisotopic (exact) mass is 552 g/mol. The van der Waals surface area contributed by atoms with E-state index in [-0.39, 0.29) is 36.4 Å². The Morgan fingerprint density at radius 2 is 1.88 bits per heavy atom. The summed E-state index contributed by atoms with van der Waals surface area (Å²) in [5.74, 6) is -1.94. The van der Waals surface area contributed by atoms with Crippen LogP contribution in [0.2, 0.25) is 0 Å². The zero-order valence-corrected chi connectivity index (χ0v) is 23.2. The molecule has 10 heteroatoms. The van der Waals surface area contributed by atoms with Crippen LogP contribution in [0, 0.1) is 11.7 Å². The predicted octanol–water partition coefficient (Wildman–Crippen LogP) is 2.78. The number of carbonyl (C=O) groups is 4. The van der Waals surface area contributed by atoms with Crippen molar-refractivity contribution in [3.8, 4) is 5.75 Å². The van der Waals surface area contributed by atoms with Gasteiger partial charge in [0.05, 0.1) is 24.8 Å². The van der Waals surface area contributed by atoms with Crippen molar-refractivity contribution in [1.29, 1.82) is 0 Å². The molecule has 214 valence electrons. The number of benzene rings is 2. The van der Waals surface area contributed by atoms with Crippen molar-refractivity contribution in [3.63, 3.8) is 0 Å². The first kappa shape index (κ1) is 29.0. The molecule has 0 saturated carbocycles. The number of aryl methyl sites for hydroxylation is 1. The fourth-order valence-corrected chi connectivity index (χ4v) is 5.23. The molecule has 2 N–H and O–H groups in total. The molecule has 0 unspecified atom stereocenters. The lowest BCUT2D eigenvalue weighted by Gasteiger charge is -2.32. The quantitative estimate of drug-likeness (QED) is 0.609. The average molecular weight is 553 g/mol. The Balaban J connectivity index is 1.67. The number of nitrogens with zero attached hydrogens (tertiary/aromatic N) is 2. The van der Waals surface area contributed by atoms with E-state index >= 15 is 0 Å². The molecular weight excluding hydrogens is 515 g/mol. The van der Waals surface area contributed by atoms with Crippen LogP contribution in [0.5, 0.6) is 5.75 Å². The summed E-state index contributed by atoms with van der Waals surface area (Å²) < 4.78 is 20.1. The van der Waals surface area contributed by atoms with E-state index in [1.165, 1.54) is 29.0 Å². The van der Waals surface area contributed by atoms with Gasteiger partial charge in [0.15, 0.2) is 0 Å². The first-order valence-electron chi connectivity index (χ1n) is 13.8. The van der Waals surface area contributed by atoms with Gasteiger partial charge in [-0.15, -0.1) is 0 Å². The van der Waals surface area contributed by atoms with Gasteiger partial charge in [0, 0.05) is 25.7 Å². The van der Waals surface area contributed by atoms with Gasteiger partial charge in [-0.05, 0) is 61.4 Å². The highest BCUT2D eigenvalue weighted by molar-refractivity contribution is 5.99. The molecular formula is C30H37FN4O5. The minimum absolute atomic E-state index is 0.0560. The van der Waals surface area contributed by atoms with E-state index in [0.717, 1.165) is 5.56 Å². The van der Waals surface area contributed by atoms with Crippen LogP contribution < -0.4 is 15.4 Å². The molecule has 1 fully saturated rings. The number of rotatable bonds is 3. The minimum Gasteiger partial charge on any atom is -0.496 e. The smallest absolute Gasteiger partial charge is 0.258 e. The first-order valence-corrected chi connectivity index (χ1v) is 13.8. The summed E-state index contributed by atoms with van der Waals surface area (Å²) in [4.78, 5) is 56.4. The Labute approximate surface area is 234 Å². The third kappa shape index (κ3) is 6.60. The molecule has 2 aliphatic rings. The van der Waals surface area contributed by atoms with Crippen molar-refractivity contribution in [2.75, 3.05) is 33.3 Å². The SMILES string of the molecule is COc1ccccc1C(=O)N1CC(=O)NCCCc2ccc(F)c(c2)C(=O)N2CCC[C@H]2C(=O)N[C@H](C(C)C)C1. The van der Waals surface area contributed by atoms with E-state index in [4.69, 9.17) is 4.74 Å². The maximum absolute atomic E-state index is 14.7. The molecule has 0 aliphatic carbocycles. The van der Waals surface area contributed by atoms with Gasteiger partial charge in [0.1, 0.15) is 17.6 Å². The summed E-state index contributed by atoms with van der Waals surface area (Å²) in [6, 6.07) is 9.97. The highest BCUT2D eigenvalue weighted by Crippen LogP contribution is 2.24. The van der Waals surface area contributed by atoms with Gasteiger partial charge in [-0.2, -0.15) is 0 Å². The summed E-state index contributed by atoms with van der Waals surface area (Å²) in [6.45, 7) is 4.39. The maximum Gasteiger partial charge on any atom is 0.258 e. The van der Waals surface area contributed by atoms with Crippen molar-refractivity contribution in [3.05, 3.63) is 65.0 Å². The standard InChI is InChI=1S/C30H37FN4O5/c1-19(2)24-17-34(29(38)21-9-4-5-11-26(21)40-3)18-27(36)32-14-6-8-20-12-13-23(31)22(16-20)30(39)35-15-7-10-25(35)28(37)33-24/h4-5,9,11-13,16,19,24-25H,6-8,10,14-15,17-18H2,1-3H3,(H,32,36)(H,33,37)/t24-,25-/m0/s1. The van der Waals surface area contributed by atoms with Gasteiger partial charge < -0.3 is 25.2 Å². The van der Waals surface area contributed by atoms with Crippen molar-refractivity contribution in [2.24, 2.45) is 5.92 Å². The van der Waals surface area contributed by atoms with Gasteiger partial charge in [-0.3, -0.25) is 19.2 Å². The fraction of sp³-hybridized carbons (Fsp3) is 0.467. The highest BCUT2D eigenvalue weighted by atomic mass is 19.1. The number of ether oxygens (including phenoxy) is 1. The van der Waals surface area contributed by atoms with Crippen LogP contribution in [0.3, 0.4) is 0 Å². The molecule has 9 nitrogen and oxygen atoms in total. The van der Waals surface area contributed by atoms with Gasteiger partial charge in [0.25, 0.3) is 11.8 Å². The van der Waals surface area contributed by atoms with E-state index < -0.39 is 29.7 Å². The molecule has 4 amide bonds. The zero-order valence-electron chi connectivity index (χ0n) is 23.2. The molecule has 2 aromatic carbocycles. The lowest BCUT2D eigenvalue weighted by molar-refractivity contribution is -0.126. The van der Waals surface area contributed by atoms with Crippen LogP contribution in [0.1, 0.15) is 59.4 Å². The van der Waals surface area contributed by atoms with Crippen molar-refractivity contribution < 1.29 is 28.3 Å². The van der Waals surface area contributed by atoms with E-state index in [2.05, 4.69) is 10.6 Å². The van der Waals surface area contributed by atoms with Crippen LogP contribution in [0.25, 0.3) is 0 Å². The topological polar surface area (TPSA) is 108 Å². The summed E-state index contributed by atoms with van der Waals surface area (Å²) in [5, 5.41) is 5.87. The average Bonchev–Trinajstić information content (AvgIpc) is 3.44. The number of amides is 4. The molecule has 2 atom stereocenters. The van der Waals surface area contributed by atoms with E-state index in [1.807, 2.05) is 13.8 Å². The molecule has 0 aromatic heterocycles. The number of hydrogen-bond acceptors (Lipinski definition) is 5. The number of hydrogen-bond donors (Lipinski definition) is 2. The molecule has 40 heavy (non-hydrogen) atoms. The molecule has 2 aromatic rings. The molecule has 4 rings (SSSR count). The van der Waals surface area contributed by atoms with Gasteiger partial charge in [-0.1, -0.05) is 32.0 Å². The number of carbonyl (C=O) groups excluding carboxylic acids is 4. The van der Waals surface area contributed by atoms with Crippen LogP contribution in [-0.4, -0.2) is 78.8 Å². The van der Waals surface area contributed by atoms with Gasteiger partial charge >= 0.3 is 0 Å². The Morgan fingerprint density at radius 1 is 1.10 bits per heavy atom. The van der Waals surface area contributed by atoms with Gasteiger partial charge in [0.2, 0.25) is 11.8 Å². The van der Waals surface area contributed by atoms with Crippen LogP contribution in [-0.2, 0) is 16.0 Å². The Kier molecular flexibility index (Phi) is 9.39. The fourth-order valence-electron chi connectivity index (χ4n) is 5.23. The molecule has 2 heterocycles. The van der Waals surface area contributed by atoms with E-state index in [9.17, 15) is 23.6 Å². The Morgan fingerprint density at radius 3 is 2.62 bits per heavy atom. The number of halogens is 1. The number of para-hydroxylation sites is 1. The summed E-state index contributed by atoms with van der Waals surface area (Å²) >= 11 is 0. The minimum atomic E-state index is -0.755. The lowest BCUT2D eigenvalue weighted by atomic mass is 10.0. The molecule has 1 saturated heterocycles. The number of nitrogens with one attached hydrogen (secondary N) is 2. The lowest BCUT2D eigenvalue weighted by Crippen LogP contribution is -2.54. The zero-order chi connectivity index (χ0) is 28.8. The van der Waals surface area contributed by atoms with Crippen LogP contribution in [0.15, 0.2) is 42.5 Å². The van der Waals surface area contributed by atoms with E-state index in [1.54, 1.807) is 30.3 Å². The van der Waals surface area contributed by atoms with Crippen LogP contribution >= 0.6 is 0 Å². The third-order valence-corrected chi connectivity index (χ3v) is 7.55. The normalized spacial score (nSPS) is 21.0. The molecule has 2 aliphatic heterocycles. The van der Waals surface area contributed by atoms with Crippen molar-refractivity contribution >= 4 is 23.6 Å². The second-order valence-electron chi connectivity index (χ2n) is 10.7. The third-order valence-electron chi connectivity index (χ3n) is 7.55. The van der Waals surface area contributed by atoms with Gasteiger partial charge in [-0.25, -0.2) is 4.39 Å². The number of methoxy groups -OCH3 is 1. The second kappa shape index (κ2) is 12.9. The molecule has 0 spiro atoms. The van der Waals surface area contributed by atoms with E-state index in [0.29, 0.717) is 50.1 Å². The Bertz CT molecular complexity index is 1270. The molecule has 0 radical (unpaired) electrons. The Hall–Kier alpha value is -3.95. The van der Waals surface area contributed by atoms with Crippen LogP contribution in [0.4, 0.5) is 4.39 Å². The second-order valence-corrected chi connectivity index (χ2v) is 10.7. The van der Waals surface area contributed by atoms with Crippen molar-refractivity contribution in [1.82, 2.24) is 20.4 Å². The summed E-state index contributed by atoms with van der Waals surface area (Å²) in [7, 11) is 1.48. The predicted molar refractivity (Wildman–Crippen MR) is 147 cm³/mol. The number of fused-ring (bicyclic) bond motifs is 3. The first-order chi connectivity index (χ1) is 19.2. The molecule has 2 bridgehead atoms.